The summed E-state index contributed by atoms with van der Waals surface area (Å²) in [6.07, 6.45) is 17.4. The summed E-state index contributed by atoms with van der Waals surface area (Å²) < 4.78 is 75.5. The Bertz CT molecular complexity index is 6430. The first-order valence-corrected chi connectivity index (χ1v) is 39.7. The number of halogens is 4. The molecule has 3 nitrogen and oxygen atoms in total. The summed E-state index contributed by atoms with van der Waals surface area (Å²) in [5.41, 5.74) is 28.1. The van der Waals surface area contributed by atoms with E-state index in [1.165, 1.54) is 44.5 Å². The SMILES string of the molecule is C=Cc1ccc(Oc2ccc(C3(c4ccc(F)cc4)c4ccccc4-c4ccc(C(CCC5C=CC6=C(C5)C5(C7=C6C=CCC7)c6ccccc6-c6ccc(N(c7ccc(F)c(C)c7)c7ccc8c(c7)C(c7ccc(F)cc7)(c7ccc(Oc9ccc(C=C)cc9)cc7)c7ccccc7-8)cc65)c5ccc(F)c(C)c5)cc43)cc2)cc1. The zero-order chi connectivity index (χ0) is 77.8. The van der Waals surface area contributed by atoms with Crippen molar-refractivity contribution in [2.24, 2.45) is 5.92 Å². The van der Waals surface area contributed by atoms with Crippen LogP contribution < -0.4 is 14.4 Å². The van der Waals surface area contributed by atoms with Gasteiger partial charge in [0.2, 0.25) is 0 Å². The Balaban J connectivity index is 0.694. The Morgan fingerprint density at radius 2 is 0.783 bits per heavy atom. The number of anilines is 3. The fourth-order valence-corrected chi connectivity index (χ4v) is 20.2. The molecule has 115 heavy (non-hydrogen) atoms. The van der Waals surface area contributed by atoms with Crippen LogP contribution in [0.25, 0.3) is 45.5 Å². The molecule has 0 bridgehead atoms. The number of allylic oxidation sites excluding steroid dienone is 8. The van der Waals surface area contributed by atoms with Crippen LogP contribution in [0.15, 0.2) is 369 Å². The highest BCUT2D eigenvalue weighted by atomic mass is 19.1. The highest BCUT2D eigenvalue weighted by molar-refractivity contribution is 5.94. The summed E-state index contributed by atoms with van der Waals surface area (Å²) in [6.45, 7) is 11.5. The minimum Gasteiger partial charge on any atom is -0.457 e. The topological polar surface area (TPSA) is 21.7 Å². The normalized spacial score (nSPS) is 18.4. The van der Waals surface area contributed by atoms with Crippen molar-refractivity contribution in [1.29, 1.82) is 0 Å². The average molecular weight is 1500 g/mol. The summed E-state index contributed by atoms with van der Waals surface area (Å²) in [4.78, 5) is 2.30. The Labute approximate surface area is 668 Å². The van der Waals surface area contributed by atoms with Gasteiger partial charge in [0.15, 0.2) is 0 Å². The zero-order valence-electron chi connectivity index (χ0n) is 63.8. The number of hydrogen-bond acceptors (Lipinski definition) is 3. The van der Waals surface area contributed by atoms with Crippen LogP contribution in [0, 0.1) is 43.0 Å². The number of hydrogen-bond donors (Lipinski definition) is 0. The Morgan fingerprint density at radius 1 is 0.391 bits per heavy atom. The van der Waals surface area contributed by atoms with Crippen LogP contribution in [0.3, 0.4) is 0 Å². The first-order chi connectivity index (χ1) is 56.3. The molecule has 14 aromatic rings. The predicted molar refractivity (Wildman–Crippen MR) is 458 cm³/mol. The smallest absolute Gasteiger partial charge is 0.127 e. The Hall–Kier alpha value is -13.4. The number of nitrogens with zero attached hydrogens (tertiary/aromatic N) is 1. The standard InChI is InChI=1S/C108H79F4NO2/c1-5-69-23-46-83(47-24-69)114-85-50-35-76(36-51-85)106(74-31-39-78(109)40-32-74)96-19-11-7-15-88(96)93-56-29-73(64-101(93)106)87(72-30-59-104(111)67(3)61-72)54-27-71-28-55-92-90-17-9-13-21-98(90)108(100(92)63-71)99-22-14-10-18-91(99)95-58-44-82(66-103(95)108)113(80-45-60-105(112)68(4)62-80)81-43-57-94-89-16-8-12-20-97(89)107(102(94)65-81,75-33-41-79(110)42-34-75)77-37-52-86(53-38-77)115-84-48-25-70(6-2)26-49-84/h5-12,14-20,22-26,28-53,55-62,64-66,71,87H,1-2,13,21,27,54,63H2,3-4H3. The quantitative estimate of drug-likeness (QED) is 0.0799. The van der Waals surface area contributed by atoms with E-state index in [9.17, 15) is 0 Å². The minimum absolute atomic E-state index is 0.108. The van der Waals surface area contributed by atoms with Crippen molar-refractivity contribution in [3.63, 3.8) is 0 Å². The van der Waals surface area contributed by atoms with Crippen LogP contribution >= 0.6 is 0 Å². The van der Waals surface area contributed by atoms with Crippen molar-refractivity contribution in [1.82, 2.24) is 0 Å². The van der Waals surface area contributed by atoms with Crippen LogP contribution in [-0.4, -0.2) is 0 Å². The number of rotatable bonds is 18. The molecule has 0 amide bonds. The molecule has 0 aromatic heterocycles. The highest BCUT2D eigenvalue weighted by Gasteiger charge is 2.55. The average Bonchev–Trinajstić information content (AvgIpc) is 1.53. The number of fused-ring (bicyclic) bond motifs is 14. The van der Waals surface area contributed by atoms with Gasteiger partial charge in [0.1, 0.15) is 46.3 Å². The molecule has 0 aliphatic heterocycles. The van der Waals surface area contributed by atoms with E-state index in [0.717, 1.165) is 138 Å². The molecule has 5 atom stereocenters. The van der Waals surface area contributed by atoms with E-state index < -0.39 is 16.2 Å². The highest BCUT2D eigenvalue weighted by Crippen LogP contribution is 2.67. The third kappa shape index (κ3) is 11.4. The van der Waals surface area contributed by atoms with Gasteiger partial charge >= 0.3 is 0 Å². The molecule has 0 heterocycles. The fraction of sp³-hybridized carbons (Fsp3) is 0.111. The second-order valence-electron chi connectivity index (χ2n) is 31.4. The molecular weight excluding hydrogens is 1420 g/mol. The van der Waals surface area contributed by atoms with Gasteiger partial charge in [-0.15, -0.1) is 0 Å². The van der Waals surface area contributed by atoms with Gasteiger partial charge in [0.25, 0.3) is 0 Å². The van der Waals surface area contributed by atoms with Gasteiger partial charge in [-0.05, 0) is 318 Å². The Morgan fingerprint density at radius 3 is 1.28 bits per heavy atom. The van der Waals surface area contributed by atoms with E-state index in [-0.39, 0.29) is 35.1 Å². The molecule has 14 aromatic carbocycles. The zero-order valence-corrected chi connectivity index (χ0v) is 63.8. The molecule has 7 heteroatoms. The monoisotopic (exact) mass is 1500 g/mol. The maximum atomic E-state index is 16.0. The maximum absolute atomic E-state index is 16.0. The third-order valence-electron chi connectivity index (χ3n) is 25.4. The van der Waals surface area contributed by atoms with Gasteiger partial charge in [0, 0.05) is 23.0 Å². The van der Waals surface area contributed by atoms with E-state index in [2.05, 4.69) is 194 Å². The Kier molecular flexibility index (Phi) is 17.3. The van der Waals surface area contributed by atoms with Crippen LogP contribution in [0.5, 0.6) is 23.0 Å². The fourth-order valence-electron chi connectivity index (χ4n) is 20.2. The predicted octanol–water partition coefficient (Wildman–Crippen LogP) is 28.3. The van der Waals surface area contributed by atoms with Crippen LogP contribution in [0.4, 0.5) is 34.6 Å². The minimum atomic E-state index is -0.934. The summed E-state index contributed by atoms with van der Waals surface area (Å²) in [5.74, 6) is 1.55. The molecule has 0 saturated heterocycles. The molecule has 556 valence electrons. The molecule has 5 unspecified atom stereocenters. The van der Waals surface area contributed by atoms with E-state index in [1.807, 2.05) is 147 Å². The second-order valence-corrected chi connectivity index (χ2v) is 31.4. The molecule has 0 fully saturated rings. The summed E-state index contributed by atoms with van der Waals surface area (Å²) in [5, 5.41) is 0. The van der Waals surface area contributed by atoms with Crippen molar-refractivity contribution in [3.8, 4) is 56.4 Å². The first-order valence-electron chi connectivity index (χ1n) is 39.7. The summed E-state index contributed by atoms with van der Waals surface area (Å²) in [7, 11) is 0. The molecule has 20 rings (SSSR count). The van der Waals surface area contributed by atoms with Gasteiger partial charge < -0.3 is 14.4 Å². The van der Waals surface area contributed by atoms with Crippen molar-refractivity contribution in [2.75, 3.05) is 4.90 Å². The lowest BCUT2D eigenvalue weighted by Crippen LogP contribution is -2.31. The second kappa shape index (κ2) is 28.1. The molecule has 0 N–H and O–H groups in total. The van der Waals surface area contributed by atoms with Gasteiger partial charge in [-0.2, -0.15) is 0 Å². The van der Waals surface area contributed by atoms with E-state index in [4.69, 9.17) is 9.47 Å². The van der Waals surface area contributed by atoms with Gasteiger partial charge in [-0.1, -0.05) is 238 Å². The van der Waals surface area contributed by atoms with E-state index >= 15 is 17.6 Å². The molecular formula is C108H79F4NO2. The van der Waals surface area contributed by atoms with Crippen molar-refractivity contribution >= 4 is 29.2 Å². The molecule has 6 aliphatic rings. The lowest BCUT2D eigenvalue weighted by molar-refractivity contribution is 0.482. The lowest BCUT2D eigenvalue weighted by atomic mass is 9.64. The van der Waals surface area contributed by atoms with Gasteiger partial charge in [0.05, 0.1) is 16.2 Å². The van der Waals surface area contributed by atoms with Gasteiger partial charge in [-0.25, -0.2) is 17.6 Å². The van der Waals surface area contributed by atoms with Gasteiger partial charge in [-0.3, -0.25) is 0 Å². The van der Waals surface area contributed by atoms with Crippen LogP contribution in [-0.2, 0) is 16.2 Å². The third-order valence-corrected chi connectivity index (χ3v) is 25.4. The van der Waals surface area contributed by atoms with Crippen molar-refractivity contribution in [3.05, 3.63) is 481 Å². The summed E-state index contributed by atoms with van der Waals surface area (Å²) in [6, 6.07) is 104. The largest absolute Gasteiger partial charge is 0.457 e. The molecule has 1 spiro atoms. The number of aryl methyl sites for hydroxylation is 2. The van der Waals surface area contributed by atoms with E-state index in [0.29, 0.717) is 34.1 Å². The number of benzene rings is 14. The van der Waals surface area contributed by atoms with Crippen LogP contribution in [0.2, 0.25) is 0 Å². The number of ether oxygens (including phenoxy) is 2. The summed E-state index contributed by atoms with van der Waals surface area (Å²) >= 11 is 0. The van der Waals surface area contributed by atoms with E-state index in [1.54, 1.807) is 36.4 Å². The first kappa shape index (κ1) is 70.7. The molecule has 6 aliphatic carbocycles. The van der Waals surface area contributed by atoms with Crippen LogP contribution in [0.1, 0.15) is 127 Å². The molecule has 0 radical (unpaired) electrons. The lowest BCUT2D eigenvalue weighted by Gasteiger charge is -2.38. The van der Waals surface area contributed by atoms with Crippen molar-refractivity contribution in [2.45, 2.75) is 68.1 Å². The molecule has 0 saturated carbocycles. The van der Waals surface area contributed by atoms with Crippen molar-refractivity contribution < 1.29 is 27.0 Å². The maximum Gasteiger partial charge on any atom is 0.127 e.